The largest absolute Gasteiger partial charge is 0.365 e. The Hall–Kier alpha value is -2.56. The number of nitrogens with one attached hydrogen (secondary N) is 1. The zero-order chi connectivity index (χ0) is 21.7. The van der Waals surface area contributed by atoms with Crippen LogP contribution in [0.1, 0.15) is 63.9 Å². The summed E-state index contributed by atoms with van der Waals surface area (Å²) in [4.78, 5) is 18.3. The molecule has 4 fully saturated rings. The molecule has 4 heterocycles. The summed E-state index contributed by atoms with van der Waals surface area (Å²) in [6.07, 6.45) is 17.8. The Morgan fingerprint density at radius 2 is 1.97 bits per heavy atom. The number of anilines is 1. The molecule has 2 bridgehead atoms. The fourth-order valence-electron chi connectivity index (χ4n) is 7.10. The predicted octanol–water partition coefficient (Wildman–Crippen LogP) is 5.26. The molecule has 3 saturated heterocycles. The number of allylic oxidation sites excluding steroid dienone is 1. The van der Waals surface area contributed by atoms with Crippen molar-refractivity contribution in [2.75, 3.05) is 11.4 Å². The summed E-state index contributed by atoms with van der Waals surface area (Å²) in [5, 5.41) is 7.02. The van der Waals surface area contributed by atoms with Gasteiger partial charge >= 0.3 is 0 Å². The molecule has 4 atom stereocenters. The number of hydrogen-bond acceptors (Lipinski definition) is 3. The van der Waals surface area contributed by atoms with Gasteiger partial charge < -0.3 is 9.80 Å². The van der Waals surface area contributed by atoms with E-state index in [4.69, 9.17) is 0 Å². The predicted molar refractivity (Wildman–Crippen MR) is 128 cm³/mol. The van der Waals surface area contributed by atoms with Crippen molar-refractivity contribution in [1.29, 1.82) is 0 Å². The summed E-state index contributed by atoms with van der Waals surface area (Å²) in [6.45, 7) is 3.16. The van der Waals surface area contributed by atoms with Crippen LogP contribution in [0.15, 0.2) is 36.7 Å². The van der Waals surface area contributed by atoms with Gasteiger partial charge in [0.25, 0.3) is 0 Å². The lowest BCUT2D eigenvalue weighted by atomic mass is 9.76. The molecule has 5 nitrogen and oxygen atoms in total. The molecular weight excluding hydrogens is 396 g/mol. The summed E-state index contributed by atoms with van der Waals surface area (Å²) in [6, 6.07) is 8.13. The number of carbonyl (C=O) groups excluding carboxylic acids is 1. The smallest absolute Gasteiger partial charge is 0.223 e. The maximum atomic E-state index is 13.4. The molecule has 32 heavy (non-hydrogen) atoms. The highest BCUT2D eigenvalue weighted by atomic mass is 16.2. The Bertz CT molecular complexity index is 1010. The third kappa shape index (κ3) is 3.20. The van der Waals surface area contributed by atoms with Crippen LogP contribution in [-0.2, 0) is 4.79 Å². The third-order valence-corrected chi connectivity index (χ3v) is 8.56. The number of fused-ring (bicyclic) bond motifs is 5. The second-order valence-corrected chi connectivity index (χ2v) is 10.3. The first-order valence-corrected chi connectivity index (χ1v) is 12.6. The molecule has 0 radical (unpaired) electrons. The standard InChI is InChI=1S/C27H34N4O/c1-2-6-20-14-19(21-15-28-29-16-21)9-10-23(20)30-17-22-24-11-12-25(27(22)30)31(24)26(32)13-18-7-4-3-5-8-18/h2,6,9-10,14-16,18,22,24-25,27H,3-5,7-8,11-13,17H2,1H3,(H,28,29)/b6-2-. The van der Waals surface area contributed by atoms with E-state index in [0.717, 1.165) is 18.5 Å². The molecule has 1 amide bonds. The van der Waals surface area contributed by atoms with E-state index in [2.05, 4.69) is 57.3 Å². The van der Waals surface area contributed by atoms with E-state index in [1.54, 1.807) is 0 Å². The molecule has 6 rings (SSSR count). The Labute approximate surface area is 190 Å². The van der Waals surface area contributed by atoms with Gasteiger partial charge in [-0.25, -0.2) is 0 Å². The van der Waals surface area contributed by atoms with Gasteiger partial charge in [-0.3, -0.25) is 9.89 Å². The number of nitrogens with zero attached hydrogens (tertiary/aromatic N) is 3. The molecule has 2 aromatic rings. The summed E-state index contributed by atoms with van der Waals surface area (Å²) < 4.78 is 0. The normalized spacial score (nSPS) is 29.5. The fourth-order valence-corrected chi connectivity index (χ4v) is 7.10. The highest BCUT2D eigenvalue weighted by Gasteiger charge is 2.62. The van der Waals surface area contributed by atoms with Crippen LogP contribution in [-0.4, -0.2) is 45.7 Å². The molecule has 1 aromatic carbocycles. The SMILES string of the molecule is C/C=C\c1cc(-c2cn[nH]c2)ccc1N1CC2C1C1CCC2N1C(=O)CC1CCCCC1. The summed E-state index contributed by atoms with van der Waals surface area (Å²) in [7, 11) is 0. The Morgan fingerprint density at radius 3 is 2.75 bits per heavy atom. The maximum Gasteiger partial charge on any atom is 0.223 e. The molecule has 4 unspecified atom stereocenters. The first-order chi connectivity index (χ1) is 15.7. The highest BCUT2D eigenvalue weighted by Crippen LogP contribution is 2.52. The fraction of sp³-hybridized carbons (Fsp3) is 0.556. The lowest BCUT2D eigenvalue weighted by Gasteiger charge is -2.51. The van der Waals surface area contributed by atoms with Gasteiger partial charge in [-0.05, 0) is 61.8 Å². The van der Waals surface area contributed by atoms with Crippen LogP contribution in [0.3, 0.4) is 0 Å². The molecule has 0 spiro atoms. The number of rotatable bonds is 5. The minimum absolute atomic E-state index is 0.404. The van der Waals surface area contributed by atoms with Crippen LogP contribution in [0.5, 0.6) is 0 Å². The first-order valence-electron chi connectivity index (χ1n) is 12.6. The molecule has 1 aromatic heterocycles. The Kier molecular flexibility index (Phi) is 5.08. The zero-order valence-electron chi connectivity index (χ0n) is 19.0. The molecule has 1 N–H and O–H groups in total. The number of hydrogen-bond donors (Lipinski definition) is 1. The lowest BCUT2D eigenvalue weighted by Crippen LogP contribution is -2.61. The van der Waals surface area contributed by atoms with Crippen LogP contribution >= 0.6 is 0 Å². The molecular formula is C27H34N4O. The van der Waals surface area contributed by atoms with Gasteiger partial charge in [0.15, 0.2) is 0 Å². The molecule has 1 aliphatic carbocycles. The van der Waals surface area contributed by atoms with Crippen molar-refractivity contribution in [3.05, 3.63) is 42.2 Å². The average molecular weight is 431 g/mol. The Morgan fingerprint density at radius 1 is 1.12 bits per heavy atom. The van der Waals surface area contributed by atoms with Crippen LogP contribution in [0, 0.1) is 11.8 Å². The van der Waals surface area contributed by atoms with Gasteiger partial charge in [-0.2, -0.15) is 5.10 Å². The van der Waals surface area contributed by atoms with E-state index in [-0.39, 0.29) is 0 Å². The van der Waals surface area contributed by atoms with E-state index in [1.165, 1.54) is 61.8 Å². The van der Waals surface area contributed by atoms with Crippen molar-refractivity contribution in [1.82, 2.24) is 15.1 Å². The molecule has 168 valence electrons. The van der Waals surface area contributed by atoms with Gasteiger partial charge in [0, 0.05) is 42.4 Å². The van der Waals surface area contributed by atoms with Gasteiger partial charge in [0.05, 0.1) is 18.3 Å². The number of aromatic nitrogens is 2. The van der Waals surface area contributed by atoms with E-state index in [0.29, 0.717) is 35.9 Å². The first kappa shape index (κ1) is 20.1. The number of H-pyrrole nitrogens is 1. The van der Waals surface area contributed by atoms with E-state index >= 15 is 0 Å². The molecule has 3 aliphatic heterocycles. The number of amides is 1. The van der Waals surface area contributed by atoms with Crippen molar-refractivity contribution < 1.29 is 4.79 Å². The summed E-state index contributed by atoms with van der Waals surface area (Å²) >= 11 is 0. The zero-order valence-corrected chi connectivity index (χ0v) is 19.0. The maximum absolute atomic E-state index is 13.4. The van der Waals surface area contributed by atoms with Crippen molar-refractivity contribution in [2.24, 2.45) is 11.8 Å². The monoisotopic (exact) mass is 430 g/mol. The highest BCUT2D eigenvalue weighted by molar-refractivity contribution is 5.80. The minimum Gasteiger partial charge on any atom is -0.365 e. The van der Waals surface area contributed by atoms with Crippen LogP contribution in [0.4, 0.5) is 5.69 Å². The van der Waals surface area contributed by atoms with Crippen molar-refractivity contribution in [2.45, 2.75) is 76.4 Å². The average Bonchev–Trinajstić information content (AvgIpc) is 3.50. The second kappa shape index (κ2) is 8.09. The van der Waals surface area contributed by atoms with E-state index < -0.39 is 0 Å². The van der Waals surface area contributed by atoms with Gasteiger partial charge in [-0.15, -0.1) is 0 Å². The number of benzene rings is 1. The molecule has 1 saturated carbocycles. The van der Waals surface area contributed by atoms with Gasteiger partial charge in [-0.1, -0.05) is 37.5 Å². The quantitative estimate of drug-likeness (QED) is 0.704. The van der Waals surface area contributed by atoms with Crippen molar-refractivity contribution in [3.8, 4) is 11.1 Å². The van der Waals surface area contributed by atoms with E-state index in [9.17, 15) is 4.79 Å². The third-order valence-electron chi connectivity index (χ3n) is 8.56. The molecule has 5 heteroatoms. The number of aromatic amines is 1. The lowest BCUT2D eigenvalue weighted by molar-refractivity contribution is -0.133. The minimum atomic E-state index is 0.404. The van der Waals surface area contributed by atoms with Crippen molar-refractivity contribution in [3.63, 3.8) is 0 Å². The van der Waals surface area contributed by atoms with Crippen molar-refractivity contribution >= 4 is 17.7 Å². The topological polar surface area (TPSA) is 52.2 Å². The Balaban J connectivity index is 1.23. The summed E-state index contributed by atoms with van der Waals surface area (Å²) in [5.74, 6) is 1.72. The molecule has 4 aliphatic rings. The van der Waals surface area contributed by atoms with Gasteiger partial charge in [0.1, 0.15) is 0 Å². The van der Waals surface area contributed by atoms with E-state index in [1.807, 2.05) is 12.4 Å². The van der Waals surface area contributed by atoms with Gasteiger partial charge in [0.2, 0.25) is 5.91 Å². The van der Waals surface area contributed by atoms with Crippen LogP contribution in [0.25, 0.3) is 17.2 Å². The van der Waals surface area contributed by atoms with Crippen LogP contribution < -0.4 is 4.90 Å². The van der Waals surface area contributed by atoms with Crippen LogP contribution in [0.2, 0.25) is 0 Å². The second-order valence-electron chi connectivity index (χ2n) is 10.3. The summed E-state index contributed by atoms with van der Waals surface area (Å²) in [5.41, 5.74) is 4.87. The number of carbonyl (C=O) groups is 1.